The van der Waals surface area contributed by atoms with Gasteiger partial charge in [0.25, 0.3) is 0 Å². The Morgan fingerprint density at radius 2 is 1.82 bits per heavy atom. The third-order valence-corrected chi connectivity index (χ3v) is 5.05. The Labute approximate surface area is 166 Å². The number of hydrogen-bond acceptors (Lipinski definition) is 3. The van der Waals surface area contributed by atoms with E-state index in [0.29, 0.717) is 19.6 Å². The predicted molar refractivity (Wildman–Crippen MR) is 112 cm³/mol. The molecular formula is C23H28N2O3. The topological polar surface area (TPSA) is 52.5 Å². The highest BCUT2D eigenvalue weighted by molar-refractivity contribution is 5.86. The number of aryl methyl sites for hydroxylation is 1. The molecule has 28 heavy (non-hydrogen) atoms. The highest BCUT2D eigenvalue weighted by Gasteiger charge is 2.24. The largest absolute Gasteiger partial charge is 0.496 e. The molecule has 1 atom stereocenters. The van der Waals surface area contributed by atoms with Crippen LogP contribution in [-0.2, 0) is 16.6 Å². The van der Waals surface area contributed by atoms with Crippen LogP contribution in [0, 0.1) is 0 Å². The maximum Gasteiger partial charge on any atom is 0.220 e. The van der Waals surface area contributed by atoms with E-state index in [0.717, 1.165) is 34.2 Å². The molecular weight excluding hydrogens is 352 g/mol. The quantitative estimate of drug-likeness (QED) is 0.574. The number of para-hydroxylation sites is 2. The third-order valence-electron chi connectivity index (χ3n) is 5.05. The van der Waals surface area contributed by atoms with Crippen LogP contribution in [0.15, 0.2) is 54.7 Å². The fourth-order valence-corrected chi connectivity index (χ4v) is 3.69. The standard InChI is InChI=1S/C23H28N2O3/c1-25-16-20(17-9-4-6-11-21(17)25)19(15-23(26)24-13-8-14-27-2)18-10-5-7-12-22(18)28-3/h4-7,9-12,16,19H,8,13-15H2,1-3H3,(H,24,26). The van der Waals surface area contributed by atoms with Crippen molar-refractivity contribution in [3.05, 3.63) is 65.9 Å². The minimum absolute atomic E-state index is 0.0277. The van der Waals surface area contributed by atoms with Gasteiger partial charge in [0.15, 0.2) is 0 Å². The number of hydrogen-bond donors (Lipinski definition) is 1. The lowest BCUT2D eigenvalue weighted by atomic mass is 9.87. The van der Waals surface area contributed by atoms with E-state index in [1.807, 2.05) is 43.4 Å². The van der Waals surface area contributed by atoms with Crippen molar-refractivity contribution in [3.8, 4) is 5.75 Å². The van der Waals surface area contributed by atoms with Crippen LogP contribution in [0.4, 0.5) is 0 Å². The maximum absolute atomic E-state index is 12.7. The molecule has 1 heterocycles. The van der Waals surface area contributed by atoms with Crippen molar-refractivity contribution in [1.29, 1.82) is 0 Å². The molecule has 0 saturated carbocycles. The average Bonchev–Trinajstić information content (AvgIpc) is 3.06. The second-order valence-corrected chi connectivity index (χ2v) is 6.91. The molecule has 148 valence electrons. The number of ether oxygens (including phenoxy) is 2. The van der Waals surface area contributed by atoms with Crippen molar-refractivity contribution < 1.29 is 14.3 Å². The van der Waals surface area contributed by atoms with Crippen LogP contribution in [0.25, 0.3) is 10.9 Å². The Balaban J connectivity index is 1.96. The van der Waals surface area contributed by atoms with E-state index in [1.165, 1.54) is 0 Å². The number of rotatable bonds is 9. The van der Waals surface area contributed by atoms with Crippen LogP contribution >= 0.6 is 0 Å². The van der Waals surface area contributed by atoms with E-state index >= 15 is 0 Å². The average molecular weight is 380 g/mol. The first-order valence-electron chi connectivity index (χ1n) is 9.58. The van der Waals surface area contributed by atoms with Crippen LogP contribution in [0.2, 0.25) is 0 Å². The summed E-state index contributed by atoms with van der Waals surface area (Å²) >= 11 is 0. The Bertz CT molecular complexity index is 932. The van der Waals surface area contributed by atoms with E-state index in [2.05, 4.69) is 28.2 Å². The van der Waals surface area contributed by atoms with Crippen molar-refractivity contribution >= 4 is 16.8 Å². The fourth-order valence-electron chi connectivity index (χ4n) is 3.69. The van der Waals surface area contributed by atoms with Gasteiger partial charge in [0.05, 0.1) is 7.11 Å². The summed E-state index contributed by atoms with van der Waals surface area (Å²) in [6.45, 7) is 1.25. The maximum atomic E-state index is 12.7. The van der Waals surface area contributed by atoms with Gasteiger partial charge in [0, 0.05) is 62.3 Å². The Morgan fingerprint density at radius 3 is 2.61 bits per heavy atom. The van der Waals surface area contributed by atoms with Crippen molar-refractivity contribution in [2.24, 2.45) is 7.05 Å². The second kappa shape index (κ2) is 9.42. The van der Waals surface area contributed by atoms with Gasteiger partial charge >= 0.3 is 0 Å². The number of methoxy groups -OCH3 is 2. The molecule has 0 bridgehead atoms. The van der Waals surface area contributed by atoms with Gasteiger partial charge in [-0.3, -0.25) is 4.79 Å². The molecule has 0 radical (unpaired) electrons. The van der Waals surface area contributed by atoms with Gasteiger partial charge in [-0.15, -0.1) is 0 Å². The van der Waals surface area contributed by atoms with Crippen molar-refractivity contribution in [2.45, 2.75) is 18.8 Å². The summed E-state index contributed by atoms with van der Waals surface area (Å²) in [5.41, 5.74) is 3.31. The molecule has 5 heteroatoms. The molecule has 3 aromatic rings. The smallest absolute Gasteiger partial charge is 0.220 e. The lowest BCUT2D eigenvalue weighted by Crippen LogP contribution is -2.27. The summed E-state index contributed by atoms with van der Waals surface area (Å²) in [6, 6.07) is 16.2. The second-order valence-electron chi connectivity index (χ2n) is 6.91. The molecule has 0 saturated heterocycles. The van der Waals surface area contributed by atoms with Gasteiger partial charge < -0.3 is 19.4 Å². The number of aromatic nitrogens is 1. The van der Waals surface area contributed by atoms with Gasteiger partial charge in [-0.05, 0) is 24.1 Å². The van der Waals surface area contributed by atoms with Crippen molar-refractivity contribution in [2.75, 3.05) is 27.4 Å². The fraction of sp³-hybridized carbons (Fsp3) is 0.348. The molecule has 1 N–H and O–H groups in total. The molecule has 5 nitrogen and oxygen atoms in total. The van der Waals surface area contributed by atoms with Gasteiger partial charge in [-0.2, -0.15) is 0 Å². The van der Waals surface area contributed by atoms with Gasteiger partial charge in [0.2, 0.25) is 5.91 Å². The lowest BCUT2D eigenvalue weighted by molar-refractivity contribution is -0.121. The Kier molecular flexibility index (Phi) is 6.71. The zero-order valence-corrected chi connectivity index (χ0v) is 16.8. The van der Waals surface area contributed by atoms with Crippen LogP contribution in [-0.4, -0.2) is 37.8 Å². The molecule has 3 rings (SSSR count). The molecule has 0 aliphatic rings. The molecule has 1 aromatic heterocycles. The summed E-state index contributed by atoms with van der Waals surface area (Å²) in [4.78, 5) is 12.7. The SMILES string of the molecule is COCCCNC(=O)CC(c1ccccc1OC)c1cn(C)c2ccccc12. The van der Waals surface area contributed by atoms with Gasteiger partial charge in [-0.25, -0.2) is 0 Å². The molecule has 1 unspecified atom stereocenters. The Morgan fingerprint density at radius 1 is 1.07 bits per heavy atom. The number of carbonyl (C=O) groups excluding carboxylic acids is 1. The number of carbonyl (C=O) groups is 1. The first kappa shape index (κ1) is 20.0. The zero-order chi connectivity index (χ0) is 19.9. The Hall–Kier alpha value is -2.79. The summed E-state index contributed by atoms with van der Waals surface area (Å²) in [6.07, 6.45) is 3.29. The monoisotopic (exact) mass is 380 g/mol. The minimum atomic E-state index is -0.0929. The number of benzene rings is 2. The predicted octanol–water partition coefficient (Wildman–Crippen LogP) is 3.86. The number of nitrogens with zero attached hydrogens (tertiary/aromatic N) is 1. The van der Waals surface area contributed by atoms with Crippen LogP contribution in [0.3, 0.4) is 0 Å². The zero-order valence-electron chi connectivity index (χ0n) is 16.8. The van der Waals surface area contributed by atoms with E-state index in [9.17, 15) is 4.79 Å². The number of nitrogens with one attached hydrogen (secondary N) is 1. The van der Waals surface area contributed by atoms with Gasteiger partial charge in [-0.1, -0.05) is 36.4 Å². The molecule has 2 aromatic carbocycles. The van der Waals surface area contributed by atoms with E-state index in [-0.39, 0.29) is 11.8 Å². The molecule has 1 amide bonds. The lowest BCUT2D eigenvalue weighted by Gasteiger charge is -2.20. The molecule has 0 fully saturated rings. The highest BCUT2D eigenvalue weighted by atomic mass is 16.5. The minimum Gasteiger partial charge on any atom is -0.496 e. The third kappa shape index (κ3) is 4.37. The molecule has 0 spiro atoms. The normalized spacial score (nSPS) is 12.1. The number of fused-ring (bicyclic) bond motifs is 1. The van der Waals surface area contributed by atoms with Crippen molar-refractivity contribution in [1.82, 2.24) is 9.88 Å². The van der Waals surface area contributed by atoms with Crippen LogP contribution < -0.4 is 10.1 Å². The van der Waals surface area contributed by atoms with Crippen LogP contribution in [0.1, 0.15) is 29.9 Å². The first-order valence-corrected chi connectivity index (χ1v) is 9.58. The highest BCUT2D eigenvalue weighted by Crippen LogP contribution is 2.38. The molecule has 0 aliphatic carbocycles. The number of amides is 1. The summed E-state index contributed by atoms with van der Waals surface area (Å²) in [5.74, 6) is 0.734. The first-order chi connectivity index (χ1) is 13.7. The van der Waals surface area contributed by atoms with Crippen LogP contribution in [0.5, 0.6) is 5.75 Å². The summed E-state index contributed by atoms with van der Waals surface area (Å²) in [7, 11) is 5.37. The van der Waals surface area contributed by atoms with E-state index in [4.69, 9.17) is 9.47 Å². The summed E-state index contributed by atoms with van der Waals surface area (Å²) < 4.78 is 12.8. The van der Waals surface area contributed by atoms with Crippen molar-refractivity contribution in [3.63, 3.8) is 0 Å². The van der Waals surface area contributed by atoms with E-state index in [1.54, 1.807) is 14.2 Å². The van der Waals surface area contributed by atoms with Gasteiger partial charge in [0.1, 0.15) is 5.75 Å². The summed E-state index contributed by atoms with van der Waals surface area (Å²) in [5, 5.41) is 4.17. The van der Waals surface area contributed by atoms with E-state index < -0.39 is 0 Å². The molecule has 0 aliphatic heterocycles.